The summed E-state index contributed by atoms with van der Waals surface area (Å²) in [6.07, 6.45) is 7.84. The number of nitrogens with one attached hydrogen (secondary N) is 1. The molecule has 1 unspecified atom stereocenters. The van der Waals surface area contributed by atoms with Gasteiger partial charge < -0.3 is 14.8 Å². The smallest absolute Gasteiger partial charge is 0.317 e. The van der Waals surface area contributed by atoms with E-state index in [1.165, 1.54) is 6.42 Å². The predicted molar refractivity (Wildman–Crippen MR) is 90.0 cm³/mol. The first kappa shape index (κ1) is 15.6. The van der Waals surface area contributed by atoms with Crippen LogP contribution in [0.15, 0.2) is 42.7 Å². The van der Waals surface area contributed by atoms with Gasteiger partial charge in [0, 0.05) is 39.0 Å². The Morgan fingerprint density at radius 2 is 2.13 bits per heavy atom. The van der Waals surface area contributed by atoms with Crippen LogP contribution < -0.4 is 5.32 Å². The van der Waals surface area contributed by atoms with Crippen LogP contribution in [-0.2, 0) is 13.5 Å². The molecule has 0 spiro atoms. The number of carbonyl (C=O) groups is 1. The molecule has 3 rings (SSSR count). The Bertz CT molecular complexity index is 648. The minimum absolute atomic E-state index is 0.00207. The molecule has 0 radical (unpaired) electrons. The molecule has 1 aromatic carbocycles. The van der Waals surface area contributed by atoms with E-state index in [9.17, 15) is 4.79 Å². The van der Waals surface area contributed by atoms with Crippen molar-refractivity contribution in [1.82, 2.24) is 19.8 Å². The molecule has 0 saturated heterocycles. The SMILES string of the molecule is CN(C(=O)NC(Cc1nccn1C)c1ccccc1)C1CCC1. The number of aryl methyl sites for hydroxylation is 1. The summed E-state index contributed by atoms with van der Waals surface area (Å²) < 4.78 is 2.00. The summed E-state index contributed by atoms with van der Waals surface area (Å²) in [6, 6.07) is 10.4. The molecule has 5 nitrogen and oxygen atoms in total. The van der Waals surface area contributed by atoms with E-state index in [0.717, 1.165) is 24.2 Å². The highest BCUT2D eigenvalue weighted by molar-refractivity contribution is 5.75. The molecule has 2 aromatic rings. The van der Waals surface area contributed by atoms with Crippen LogP contribution in [0.5, 0.6) is 0 Å². The Hall–Kier alpha value is -2.30. The van der Waals surface area contributed by atoms with E-state index in [4.69, 9.17) is 0 Å². The van der Waals surface area contributed by atoms with Gasteiger partial charge in [-0.3, -0.25) is 0 Å². The summed E-state index contributed by atoms with van der Waals surface area (Å²) in [5, 5.41) is 3.18. The number of hydrogen-bond acceptors (Lipinski definition) is 2. The van der Waals surface area contributed by atoms with Crippen LogP contribution in [0.25, 0.3) is 0 Å². The summed E-state index contributed by atoms with van der Waals surface area (Å²) in [4.78, 5) is 18.8. The summed E-state index contributed by atoms with van der Waals surface area (Å²) >= 11 is 0. The van der Waals surface area contributed by atoms with Crippen molar-refractivity contribution in [3.8, 4) is 0 Å². The number of aromatic nitrogens is 2. The fraction of sp³-hybridized carbons (Fsp3) is 0.444. The van der Waals surface area contributed by atoms with E-state index < -0.39 is 0 Å². The van der Waals surface area contributed by atoms with Crippen molar-refractivity contribution < 1.29 is 4.79 Å². The number of urea groups is 1. The topological polar surface area (TPSA) is 50.2 Å². The normalized spacial score (nSPS) is 15.7. The van der Waals surface area contributed by atoms with Gasteiger partial charge in [0.15, 0.2) is 0 Å². The van der Waals surface area contributed by atoms with E-state index in [2.05, 4.69) is 22.4 Å². The molecule has 5 heteroatoms. The van der Waals surface area contributed by atoms with Gasteiger partial charge in [0.1, 0.15) is 5.82 Å². The van der Waals surface area contributed by atoms with E-state index in [1.807, 2.05) is 48.0 Å². The molecule has 1 heterocycles. The van der Waals surface area contributed by atoms with Crippen molar-refractivity contribution in [3.05, 3.63) is 54.1 Å². The maximum absolute atomic E-state index is 12.6. The highest BCUT2D eigenvalue weighted by Gasteiger charge is 2.27. The third-order valence-electron chi connectivity index (χ3n) is 4.75. The first-order chi connectivity index (χ1) is 11.1. The van der Waals surface area contributed by atoms with E-state index >= 15 is 0 Å². The molecule has 1 N–H and O–H groups in total. The van der Waals surface area contributed by atoms with Crippen molar-refractivity contribution >= 4 is 6.03 Å². The van der Waals surface area contributed by atoms with Crippen LogP contribution in [0.1, 0.15) is 36.7 Å². The quantitative estimate of drug-likeness (QED) is 0.923. The van der Waals surface area contributed by atoms with Gasteiger partial charge in [-0.15, -0.1) is 0 Å². The molecule has 1 aliphatic carbocycles. The van der Waals surface area contributed by atoms with Crippen molar-refractivity contribution in [2.24, 2.45) is 7.05 Å². The van der Waals surface area contributed by atoms with Gasteiger partial charge in [-0.25, -0.2) is 9.78 Å². The molecule has 1 aliphatic rings. The van der Waals surface area contributed by atoms with Gasteiger partial charge in [0.25, 0.3) is 0 Å². The number of imidazole rings is 1. The Morgan fingerprint density at radius 1 is 1.39 bits per heavy atom. The largest absolute Gasteiger partial charge is 0.338 e. The minimum Gasteiger partial charge on any atom is -0.338 e. The Kier molecular flexibility index (Phi) is 4.65. The molecule has 2 amide bonds. The predicted octanol–water partition coefficient (Wildman–Crippen LogP) is 2.90. The van der Waals surface area contributed by atoms with E-state index in [-0.39, 0.29) is 12.1 Å². The summed E-state index contributed by atoms with van der Waals surface area (Å²) in [5.74, 6) is 0.963. The zero-order valence-electron chi connectivity index (χ0n) is 13.8. The Balaban J connectivity index is 1.75. The van der Waals surface area contributed by atoms with Gasteiger partial charge >= 0.3 is 6.03 Å². The third kappa shape index (κ3) is 3.55. The Labute approximate surface area is 137 Å². The highest BCUT2D eigenvalue weighted by Crippen LogP contribution is 2.24. The maximum Gasteiger partial charge on any atom is 0.317 e. The second-order valence-corrected chi connectivity index (χ2v) is 6.27. The summed E-state index contributed by atoms with van der Waals surface area (Å²) in [6.45, 7) is 0. The molecule has 23 heavy (non-hydrogen) atoms. The molecule has 1 saturated carbocycles. The van der Waals surface area contributed by atoms with Crippen LogP contribution in [0.4, 0.5) is 4.79 Å². The minimum atomic E-state index is -0.0765. The van der Waals surface area contributed by atoms with Crippen LogP contribution in [0, 0.1) is 0 Å². The average Bonchev–Trinajstić information content (AvgIpc) is 2.91. The molecule has 1 fully saturated rings. The molecule has 0 bridgehead atoms. The highest BCUT2D eigenvalue weighted by atomic mass is 16.2. The number of hydrogen-bond donors (Lipinski definition) is 1. The summed E-state index contributed by atoms with van der Waals surface area (Å²) in [7, 11) is 3.87. The number of carbonyl (C=O) groups excluding carboxylic acids is 1. The van der Waals surface area contributed by atoms with E-state index in [1.54, 1.807) is 6.20 Å². The zero-order valence-corrected chi connectivity index (χ0v) is 13.8. The molecule has 122 valence electrons. The lowest BCUT2D eigenvalue weighted by molar-refractivity contribution is 0.154. The second-order valence-electron chi connectivity index (χ2n) is 6.27. The molecule has 0 aliphatic heterocycles. The lowest BCUT2D eigenvalue weighted by atomic mass is 9.92. The Morgan fingerprint density at radius 3 is 2.70 bits per heavy atom. The molecule has 1 atom stereocenters. The van der Waals surface area contributed by atoms with Gasteiger partial charge in [-0.1, -0.05) is 30.3 Å². The van der Waals surface area contributed by atoms with E-state index in [0.29, 0.717) is 12.5 Å². The van der Waals surface area contributed by atoms with Gasteiger partial charge in [0.2, 0.25) is 0 Å². The number of rotatable bonds is 5. The third-order valence-corrected chi connectivity index (χ3v) is 4.75. The molecule has 1 aromatic heterocycles. The molecular formula is C18H24N4O. The maximum atomic E-state index is 12.6. The van der Waals surface area contributed by atoms with Gasteiger partial charge in [0.05, 0.1) is 6.04 Å². The lowest BCUT2D eigenvalue weighted by Gasteiger charge is -2.35. The molecular weight excluding hydrogens is 288 g/mol. The van der Waals surface area contributed by atoms with Crippen LogP contribution in [0.2, 0.25) is 0 Å². The first-order valence-electron chi connectivity index (χ1n) is 8.19. The van der Waals surface area contributed by atoms with Crippen LogP contribution in [-0.4, -0.2) is 33.6 Å². The second kappa shape index (κ2) is 6.86. The fourth-order valence-electron chi connectivity index (χ4n) is 2.90. The lowest BCUT2D eigenvalue weighted by Crippen LogP contribution is -2.47. The van der Waals surface area contributed by atoms with Gasteiger partial charge in [-0.2, -0.15) is 0 Å². The first-order valence-corrected chi connectivity index (χ1v) is 8.19. The van der Waals surface area contributed by atoms with Crippen molar-refractivity contribution in [2.75, 3.05) is 7.05 Å². The van der Waals surface area contributed by atoms with Crippen molar-refractivity contribution in [2.45, 2.75) is 37.8 Å². The van der Waals surface area contributed by atoms with Crippen molar-refractivity contribution in [3.63, 3.8) is 0 Å². The fourth-order valence-corrected chi connectivity index (χ4v) is 2.90. The van der Waals surface area contributed by atoms with Gasteiger partial charge in [-0.05, 0) is 24.8 Å². The monoisotopic (exact) mass is 312 g/mol. The number of benzene rings is 1. The zero-order chi connectivity index (χ0) is 16.2. The number of nitrogens with zero attached hydrogens (tertiary/aromatic N) is 3. The van der Waals surface area contributed by atoms with Crippen LogP contribution >= 0.6 is 0 Å². The average molecular weight is 312 g/mol. The van der Waals surface area contributed by atoms with Crippen molar-refractivity contribution in [1.29, 1.82) is 0 Å². The summed E-state index contributed by atoms with van der Waals surface area (Å²) in [5.41, 5.74) is 1.10. The number of amides is 2. The standard InChI is InChI=1S/C18H24N4O/c1-21-12-11-19-17(21)13-16(14-7-4-3-5-8-14)20-18(23)22(2)15-9-6-10-15/h3-5,7-8,11-12,15-16H,6,9-10,13H2,1-2H3,(H,20,23). The van der Waals surface area contributed by atoms with Crippen LogP contribution in [0.3, 0.4) is 0 Å².